The second kappa shape index (κ2) is 6.09. The van der Waals surface area contributed by atoms with Crippen LogP contribution in [-0.2, 0) is 9.59 Å². The second-order valence-electron chi connectivity index (χ2n) is 3.92. The Bertz CT molecular complexity index is 314. The Labute approximate surface area is 96.1 Å². The number of rotatable bonds is 1. The van der Waals surface area contributed by atoms with Crippen molar-refractivity contribution in [2.75, 3.05) is 0 Å². The van der Waals surface area contributed by atoms with Gasteiger partial charge >= 0.3 is 0 Å². The average molecular weight is 219 g/mol. The van der Waals surface area contributed by atoms with Crippen molar-refractivity contribution >= 4 is 11.8 Å². The van der Waals surface area contributed by atoms with E-state index in [1.807, 2.05) is 0 Å². The van der Waals surface area contributed by atoms with Gasteiger partial charge in [-0.05, 0) is 12.8 Å². The summed E-state index contributed by atoms with van der Waals surface area (Å²) in [5.41, 5.74) is 2.25. The van der Waals surface area contributed by atoms with Crippen molar-refractivity contribution in [3.8, 4) is 0 Å². The number of imide groups is 1. The summed E-state index contributed by atoms with van der Waals surface area (Å²) in [4.78, 5) is 24.0. The number of carbonyl (C=O) groups excluding carboxylic acids is 2. The molecule has 0 N–H and O–H groups in total. The van der Waals surface area contributed by atoms with Crippen molar-refractivity contribution in [3.63, 3.8) is 0 Å². The van der Waals surface area contributed by atoms with Gasteiger partial charge in [0.2, 0.25) is 0 Å². The molecule has 1 saturated carbocycles. The number of hydrogen-bond acceptors (Lipinski definition) is 2. The third-order valence-electron chi connectivity index (χ3n) is 2.78. The van der Waals surface area contributed by atoms with E-state index in [2.05, 4.69) is 18.9 Å². The van der Waals surface area contributed by atoms with Gasteiger partial charge in [-0.3, -0.25) is 14.5 Å². The van der Waals surface area contributed by atoms with Crippen LogP contribution >= 0.6 is 0 Å². The lowest BCUT2D eigenvalue weighted by molar-refractivity contribution is -0.140. The molecule has 0 aromatic rings. The maximum atomic E-state index is 11.3. The normalized spacial score (nSPS) is 20.4. The van der Waals surface area contributed by atoms with E-state index in [4.69, 9.17) is 0 Å². The summed E-state index contributed by atoms with van der Waals surface area (Å²) in [6.07, 6.45) is 8.23. The SMILES string of the molecule is C=C=C.O=C1C=CC(=O)N1C1CCCCC1. The topological polar surface area (TPSA) is 37.4 Å². The van der Waals surface area contributed by atoms with Crippen LogP contribution in [0.4, 0.5) is 0 Å². The zero-order valence-electron chi connectivity index (χ0n) is 9.45. The molecule has 0 saturated heterocycles. The third kappa shape index (κ3) is 2.94. The minimum atomic E-state index is -0.128. The number of carbonyl (C=O) groups is 2. The van der Waals surface area contributed by atoms with Crippen molar-refractivity contribution in [1.82, 2.24) is 4.90 Å². The summed E-state index contributed by atoms with van der Waals surface area (Å²) in [6, 6.07) is 0.170. The van der Waals surface area contributed by atoms with E-state index in [-0.39, 0.29) is 17.9 Å². The van der Waals surface area contributed by atoms with Crippen LogP contribution in [0.25, 0.3) is 0 Å². The van der Waals surface area contributed by atoms with Crippen LogP contribution < -0.4 is 0 Å². The number of amides is 2. The van der Waals surface area contributed by atoms with Crippen molar-refractivity contribution in [2.45, 2.75) is 38.1 Å². The predicted molar refractivity (Wildman–Crippen MR) is 62.6 cm³/mol. The van der Waals surface area contributed by atoms with Crippen molar-refractivity contribution < 1.29 is 9.59 Å². The largest absolute Gasteiger partial charge is 0.272 e. The fourth-order valence-electron chi connectivity index (χ4n) is 2.11. The highest BCUT2D eigenvalue weighted by Crippen LogP contribution is 2.24. The fraction of sp³-hybridized carbons (Fsp3) is 0.462. The van der Waals surface area contributed by atoms with Gasteiger partial charge in [-0.15, -0.1) is 5.73 Å². The predicted octanol–water partition coefficient (Wildman–Crippen LogP) is 2.20. The molecule has 0 bridgehead atoms. The van der Waals surface area contributed by atoms with E-state index in [9.17, 15) is 9.59 Å². The van der Waals surface area contributed by atoms with Gasteiger partial charge in [0.05, 0.1) is 0 Å². The molecule has 0 aromatic carbocycles. The Morgan fingerprint density at radius 3 is 1.94 bits per heavy atom. The van der Waals surface area contributed by atoms with Crippen LogP contribution in [0.2, 0.25) is 0 Å². The standard InChI is InChI=1S/C10H13NO2.C3H4/c12-9-6-7-10(13)11(9)8-4-2-1-3-5-8;1-3-2/h6-8H,1-5H2;1-2H2. The molecule has 2 aliphatic rings. The Balaban J connectivity index is 0.000000386. The second-order valence-corrected chi connectivity index (χ2v) is 3.92. The van der Waals surface area contributed by atoms with Gasteiger partial charge in [0.15, 0.2) is 0 Å². The molecule has 0 aromatic heterocycles. The first-order valence-electron chi connectivity index (χ1n) is 5.55. The lowest BCUT2D eigenvalue weighted by atomic mass is 9.94. The van der Waals surface area contributed by atoms with Gasteiger partial charge in [0.1, 0.15) is 0 Å². The first kappa shape index (κ1) is 12.5. The highest BCUT2D eigenvalue weighted by atomic mass is 16.2. The molecule has 1 heterocycles. The molecule has 16 heavy (non-hydrogen) atoms. The molecule has 86 valence electrons. The van der Waals surface area contributed by atoms with Gasteiger partial charge < -0.3 is 0 Å². The van der Waals surface area contributed by atoms with E-state index in [0.717, 1.165) is 25.7 Å². The lowest BCUT2D eigenvalue weighted by Gasteiger charge is -2.29. The molecule has 1 aliphatic carbocycles. The van der Waals surface area contributed by atoms with E-state index < -0.39 is 0 Å². The van der Waals surface area contributed by atoms with Gasteiger partial charge in [-0.1, -0.05) is 32.4 Å². The van der Waals surface area contributed by atoms with E-state index >= 15 is 0 Å². The summed E-state index contributed by atoms with van der Waals surface area (Å²) in [6.45, 7) is 6.25. The highest BCUT2D eigenvalue weighted by Gasteiger charge is 2.31. The van der Waals surface area contributed by atoms with E-state index in [0.29, 0.717) is 0 Å². The molecule has 0 atom stereocenters. The molecule has 0 spiro atoms. The van der Waals surface area contributed by atoms with Crippen molar-refractivity contribution in [3.05, 3.63) is 31.0 Å². The number of nitrogens with zero attached hydrogens (tertiary/aromatic N) is 1. The molecule has 1 fully saturated rings. The maximum Gasteiger partial charge on any atom is 0.253 e. The van der Waals surface area contributed by atoms with E-state index in [1.165, 1.54) is 23.5 Å². The van der Waals surface area contributed by atoms with Crippen LogP contribution in [0.15, 0.2) is 31.0 Å². The van der Waals surface area contributed by atoms with Crippen LogP contribution in [0, 0.1) is 0 Å². The van der Waals surface area contributed by atoms with Crippen molar-refractivity contribution in [2.24, 2.45) is 0 Å². The van der Waals surface area contributed by atoms with Gasteiger partial charge in [-0.25, -0.2) is 0 Å². The average Bonchev–Trinajstić information content (AvgIpc) is 2.61. The first-order chi connectivity index (χ1) is 7.70. The summed E-state index contributed by atoms with van der Waals surface area (Å²) in [5, 5.41) is 0. The summed E-state index contributed by atoms with van der Waals surface area (Å²) in [7, 11) is 0. The summed E-state index contributed by atoms with van der Waals surface area (Å²) >= 11 is 0. The minimum Gasteiger partial charge on any atom is -0.272 e. The monoisotopic (exact) mass is 219 g/mol. The third-order valence-corrected chi connectivity index (χ3v) is 2.78. The molecule has 2 amide bonds. The zero-order chi connectivity index (χ0) is 12.0. The van der Waals surface area contributed by atoms with E-state index in [1.54, 1.807) is 0 Å². The van der Waals surface area contributed by atoms with Crippen LogP contribution in [0.5, 0.6) is 0 Å². The first-order valence-corrected chi connectivity index (χ1v) is 5.55. The van der Waals surface area contributed by atoms with Crippen LogP contribution in [0.1, 0.15) is 32.1 Å². The Morgan fingerprint density at radius 1 is 1.06 bits per heavy atom. The summed E-state index contributed by atoms with van der Waals surface area (Å²) < 4.78 is 0. The molecule has 1 aliphatic heterocycles. The molecule has 3 nitrogen and oxygen atoms in total. The van der Waals surface area contributed by atoms with Crippen molar-refractivity contribution in [1.29, 1.82) is 0 Å². The Morgan fingerprint density at radius 2 is 1.50 bits per heavy atom. The Hall–Kier alpha value is -1.60. The molecule has 3 heteroatoms. The zero-order valence-corrected chi connectivity index (χ0v) is 9.45. The molecular formula is C13H17NO2. The molecule has 0 unspecified atom stereocenters. The van der Waals surface area contributed by atoms with Crippen LogP contribution in [0.3, 0.4) is 0 Å². The number of hydrogen-bond donors (Lipinski definition) is 0. The Kier molecular flexibility index (Phi) is 4.74. The lowest BCUT2D eigenvalue weighted by Crippen LogP contribution is -2.41. The molecule has 2 rings (SSSR count). The summed E-state index contributed by atoms with van der Waals surface area (Å²) in [5.74, 6) is -0.256. The quantitative estimate of drug-likeness (QED) is 0.501. The molecule has 0 radical (unpaired) electrons. The van der Waals surface area contributed by atoms with Crippen LogP contribution in [-0.4, -0.2) is 22.8 Å². The highest BCUT2D eigenvalue weighted by molar-refractivity contribution is 6.13. The smallest absolute Gasteiger partial charge is 0.253 e. The van der Waals surface area contributed by atoms with Gasteiger partial charge in [-0.2, -0.15) is 0 Å². The minimum absolute atomic E-state index is 0.128. The van der Waals surface area contributed by atoms with Gasteiger partial charge in [0, 0.05) is 18.2 Å². The fourth-order valence-corrected chi connectivity index (χ4v) is 2.11. The van der Waals surface area contributed by atoms with Gasteiger partial charge in [0.25, 0.3) is 11.8 Å². The maximum absolute atomic E-state index is 11.3. The molecular weight excluding hydrogens is 202 g/mol.